The summed E-state index contributed by atoms with van der Waals surface area (Å²) in [7, 11) is 0. The summed E-state index contributed by atoms with van der Waals surface area (Å²) in [5.41, 5.74) is 2.99. The number of nitrogens with zero attached hydrogens (tertiary/aromatic N) is 3. The average Bonchev–Trinajstić information content (AvgIpc) is 3.09. The largest absolute Gasteiger partial charge is 0.465 e. The summed E-state index contributed by atoms with van der Waals surface area (Å²) in [5, 5.41) is 9.05. The van der Waals surface area contributed by atoms with Crippen molar-refractivity contribution < 1.29 is 14.7 Å². The first-order valence-electron chi connectivity index (χ1n) is 8.63. The zero-order valence-electron chi connectivity index (χ0n) is 14.2. The minimum atomic E-state index is -0.852. The van der Waals surface area contributed by atoms with E-state index in [1.165, 1.54) is 4.90 Å². The molecule has 1 aromatic rings. The number of hydrogen-bond acceptors (Lipinski definition) is 3. The molecule has 2 amide bonds. The van der Waals surface area contributed by atoms with Gasteiger partial charge in [-0.2, -0.15) is 0 Å². The van der Waals surface area contributed by atoms with E-state index in [1.807, 2.05) is 24.0 Å². The second-order valence-corrected chi connectivity index (χ2v) is 6.71. The topological polar surface area (TPSA) is 64.1 Å². The Morgan fingerprint density at radius 1 is 1.00 bits per heavy atom. The van der Waals surface area contributed by atoms with Gasteiger partial charge in [0.15, 0.2) is 0 Å². The molecule has 0 radical (unpaired) electrons. The van der Waals surface area contributed by atoms with Crippen LogP contribution in [0.3, 0.4) is 0 Å². The monoisotopic (exact) mass is 331 g/mol. The highest BCUT2D eigenvalue weighted by Gasteiger charge is 2.24. The van der Waals surface area contributed by atoms with Crippen molar-refractivity contribution in [3.8, 4) is 0 Å². The van der Waals surface area contributed by atoms with Crippen LogP contribution in [0.25, 0.3) is 0 Å². The third-order valence-electron chi connectivity index (χ3n) is 4.92. The number of piperazine rings is 1. The molecule has 0 saturated carbocycles. The fourth-order valence-corrected chi connectivity index (χ4v) is 3.49. The lowest BCUT2D eigenvalue weighted by atomic mass is 10.0. The summed E-state index contributed by atoms with van der Waals surface area (Å²) >= 11 is 0. The van der Waals surface area contributed by atoms with Gasteiger partial charge in [0.2, 0.25) is 0 Å². The molecule has 6 heteroatoms. The van der Waals surface area contributed by atoms with Gasteiger partial charge in [-0.3, -0.25) is 9.69 Å². The van der Waals surface area contributed by atoms with Gasteiger partial charge in [0.1, 0.15) is 0 Å². The van der Waals surface area contributed by atoms with Gasteiger partial charge in [-0.1, -0.05) is 17.7 Å². The highest BCUT2D eigenvalue weighted by atomic mass is 16.4. The zero-order valence-corrected chi connectivity index (χ0v) is 14.2. The van der Waals surface area contributed by atoms with E-state index in [1.54, 1.807) is 0 Å². The standard InChI is InChI=1S/C18H25N3O3/c1-14-4-5-16(17(22)20-6-2-3-7-20)15(12-14)13-19-8-10-21(11-9-19)18(23)24/h4-5,12H,2-3,6-11,13H2,1H3,(H,23,24). The quantitative estimate of drug-likeness (QED) is 0.920. The van der Waals surface area contributed by atoms with Gasteiger partial charge in [-0.15, -0.1) is 0 Å². The maximum absolute atomic E-state index is 12.8. The molecule has 0 unspecified atom stereocenters. The van der Waals surface area contributed by atoms with Gasteiger partial charge in [-0.05, 0) is 31.4 Å². The molecule has 1 N–H and O–H groups in total. The second-order valence-electron chi connectivity index (χ2n) is 6.71. The molecule has 2 saturated heterocycles. The number of hydrogen-bond donors (Lipinski definition) is 1. The molecule has 0 aliphatic carbocycles. The number of rotatable bonds is 3. The number of benzene rings is 1. The van der Waals surface area contributed by atoms with Gasteiger partial charge in [0.05, 0.1) is 0 Å². The lowest BCUT2D eigenvalue weighted by Crippen LogP contribution is -2.48. The number of aryl methyl sites for hydroxylation is 1. The Morgan fingerprint density at radius 2 is 1.67 bits per heavy atom. The molecule has 3 rings (SSSR count). The Hall–Kier alpha value is -2.08. The fourth-order valence-electron chi connectivity index (χ4n) is 3.49. The summed E-state index contributed by atoms with van der Waals surface area (Å²) in [6.45, 7) is 6.90. The van der Waals surface area contributed by atoms with E-state index in [0.717, 1.165) is 42.6 Å². The summed E-state index contributed by atoms with van der Waals surface area (Å²) in [4.78, 5) is 29.4. The van der Waals surface area contributed by atoms with Crippen LogP contribution in [0, 0.1) is 6.92 Å². The van der Waals surface area contributed by atoms with Crippen molar-refractivity contribution in [1.82, 2.24) is 14.7 Å². The summed E-state index contributed by atoms with van der Waals surface area (Å²) in [5.74, 6) is 0.131. The molecule has 0 atom stereocenters. The van der Waals surface area contributed by atoms with Crippen molar-refractivity contribution in [2.45, 2.75) is 26.3 Å². The van der Waals surface area contributed by atoms with Crippen LogP contribution < -0.4 is 0 Å². The van der Waals surface area contributed by atoms with Crippen molar-refractivity contribution in [2.75, 3.05) is 39.3 Å². The average molecular weight is 331 g/mol. The zero-order chi connectivity index (χ0) is 17.1. The van der Waals surface area contributed by atoms with Gasteiger partial charge < -0.3 is 14.9 Å². The summed E-state index contributed by atoms with van der Waals surface area (Å²) < 4.78 is 0. The Bertz CT molecular complexity index is 618. The maximum Gasteiger partial charge on any atom is 0.407 e. The first kappa shape index (κ1) is 16.8. The third-order valence-corrected chi connectivity index (χ3v) is 4.92. The number of likely N-dealkylation sites (tertiary alicyclic amines) is 1. The number of carboxylic acid groups (broad SMARTS) is 1. The van der Waals surface area contributed by atoms with E-state index in [0.29, 0.717) is 32.7 Å². The molecule has 24 heavy (non-hydrogen) atoms. The predicted molar refractivity (Wildman–Crippen MR) is 91.2 cm³/mol. The van der Waals surface area contributed by atoms with Crippen LogP contribution in [-0.2, 0) is 6.54 Å². The van der Waals surface area contributed by atoms with Crippen LogP contribution in [0.1, 0.15) is 34.3 Å². The lowest BCUT2D eigenvalue weighted by Gasteiger charge is -2.33. The van der Waals surface area contributed by atoms with Gasteiger partial charge >= 0.3 is 6.09 Å². The predicted octanol–water partition coefficient (Wildman–Crippen LogP) is 2.03. The van der Waals surface area contributed by atoms with E-state index in [9.17, 15) is 9.59 Å². The molecule has 6 nitrogen and oxygen atoms in total. The number of carbonyl (C=O) groups is 2. The summed E-state index contributed by atoms with van der Waals surface area (Å²) in [6, 6.07) is 6.03. The lowest BCUT2D eigenvalue weighted by molar-refractivity contribution is 0.0789. The van der Waals surface area contributed by atoms with Crippen molar-refractivity contribution >= 4 is 12.0 Å². The van der Waals surface area contributed by atoms with Gasteiger partial charge in [-0.25, -0.2) is 4.79 Å². The van der Waals surface area contributed by atoms with Crippen molar-refractivity contribution in [2.24, 2.45) is 0 Å². The van der Waals surface area contributed by atoms with Crippen molar-refractivity contribution in [1.29, 1.82) is 0 Å². The molecule has 2 fully saturated rings. The second kappa shape index (κ2) is 7.21. The Morgan fingerprint density at radius 3 is 2.29 bits per heavy atom. The molecule has 2 heterocycles. The molecule has 0 spiro atoms. The third kappa shape index (κ3) is 3.70. The Balaban J connectivity index is 1.72. The maximum atomic E-state index is 12.8. The Labute approximate surface area is 142 Å². The summed E-state index contributed by atoms with van der Waals surface area (Å²) in [6.07, 6.45) is 1.32. The van der Waals surface area contributed by atoms with E-state index in [4.69, 9.17) is 5.11 Å². The molecular formula is C18H25N3O3. The van der Waals surface area contributed by atoms with E-state index in [-0.39, 0.29) is 5.91 Å². The minimum absolute atomic E-state index is 0.131. The SMILES string of the molecule is Cc1ccc(C(=O)N2CCCC2)c(CN2CCN(C(=O)O)CC2)c1. The first-order chi connectivity index (χ1) is 11.5. The fraction of sp³-hybridized carbons (Fsp3) is 0.556. The van der Waals surface area contributed by atoms with E-state index < -0.39 is 6.09 Å². The van der Waals surface area contributed by atoms with Crippen LogP contribution in [-0.4, -0.2) is 71.1 Å². The number of carbonyl (C=O) groups excluding carboxylic acids is 1. The van der Waals surface area contributed by atoms with E-state index >= 15 is 0 Å². The van der Waals surface area contributed by atoms with Crippen LogP contribution in [0.15, 0.2) is 18.2 Å². The van der Waals surface area contributed by atoms with Gasteiger partial charge in [0, 0.05) is 51.4 Å². The first-order valence-corrected chi connectivity index (χ1v) is 8.63. The van der Waals surface area contributed by atoms with Gasteiger partial charge in [0.25, 0.3) is 5.91 Å². The van der Waals surface area contributed by atoms with Crippen LogP contribution >= 0.6 is 0 Å². The molecule has 2 aliphatic rings. The molecule has 2 aliphatic heterocycles. The normalized spacial score (nSPS) is 18.9. The molecule has 130 valence electrons. The highest BCUT2D eigenvalue weighted by molar-refractivity contribution is 5.96. The van der Waals surface area contributed by atoms with Crippen LogP contribution in [0.2, 0.25) is 0 Å². The molecular weight excluding hydrogens is 306 g/mol. The van der Waals surface area contributed by atoms with E-state index in [2.05, 4.69) is 11.0 Å². The molecule has 0 aromatic heterocycles. The number of amides is 2. The van der Waals surface area contributed by atoms with Crippen molar-refractivity contribution in [3.63, 3.8) is 0 Å². The Kier molecular flexibility index (Phi) is 5.04. The van der Waals surface area contributed by atoms with Crippen LogP contribution in [0.5, 0.6) is 0 Å². The highest BCUT2D eigenvalue weighted by Crippen LogP contribution is 2.20. The minimum Gasteiger partial charge on any atom is -0.465 e. The smallest absolute Gasteiger partial charge is 0.407 e. The van der Waals surface area contributed by atoms with Crippen LogP contribution in [0.4, 0.5) is 4.79 Å². The molecule has 1 aromatic carbocycles. The van der Waals surface area contributed by atoms with Crippen molar-refractivity contribution in [3.05, 3.63) is 34.9 Å². The molecule has 0 bridgehead atoms.